The minimum atomic E-state index is -1.11. The molecule has 0 aromatic heterocycles. The van der Waals surface area contributed by atoms with Crippen molar-refractivity contribution in [1.82, 2.24) is 5.32 Å². The van der Waals surface area contributed by atoms with Gasteiger partial charge in [0.05, 0.1) is 16.7 Å². The van der Waals surface area contributed by atoms with Gasteiger partial charge in [0.2, 0.25) is 0 Å². The van der Waals surface area contributed by atoms with Crippen molar-refractivity contribution in [3.05, 3.63) is 34.4 Å². The fourth-order valence-corrected chi connectivity index (χ4v) is 2.92. The lowest BCUT2D eigenvalue weighted by Gasteiger charge is -2.23. The van der Waals surface area contributed by atoms with E-state index in [1.807, 2.05) is 0 Å². The highest BCUT2D eigenvalue weighted by molar-refractivity contribution is 6.06. The van der Waals surface area contributed by atoms with Crippen molar-refractivity contribution in [3.63, 3.8) is 0 Å². The molecule has 1 aliphatic rings. The molecule has 114 valence electrons. The zero-order chi connectivity index (χ0) is 15.6. The van der Waals surface area contributed by atoms with Gasteiger partial charge in [0.25, 0.3) is 5.91 Å². The predicted molar refractivity (Wildman–Crippen MR) is 78.6 cm³/mol. The van der Waals surface area contributed by atoms with Gasteiger partial charge in [-0.1, -0.05) is 25.0 Å². The first-order valence-electron chi connectivity index (χ1n) is 7.18. The van der Waals surface area contributed by atoms with Gasteiger partial charge < -0.3 is 15.5 Å². The molecule has 0 atom stereocenters. The van der Waals surface area contributed by atoms with E-state index in [1.54, 1.807) is 26.0 Å². The SMILES string of the molecule is Cc1ccc(C)c(C(=O)NCC2(O)CCCC2)c1C(=O)O. The van der Waals surface area contributed by atoms with Gasteiger partial charge >= 0.3 is 5.97 Å². The second kappa shape index (κ2) is 5.85. The molecule has 21 heavy (non-hydrogen) atoms. The van der Waals surface area contributed by atoms with Gasteiger partial charge in [-0.15, -0.1) is 0 Å². The van der Waals surface area contributed by atoms with E-state index in [4.69, 9.17) is 0 Å². The van der Waals surface area contributed by atoms with E-state index in [9.17, 15) is 19.8 Å². The number of benzene rings is 1. The maximum absolute atomic E-state index is 12.4. The maximum Gasteiger partial charge on any atom is 0.336 e. The normalized spacial score (nSPS) is 16.7. The molecule has 2 rings (SSSR count). The first-order valence-corrected chi connectivity index (χ1v) is 7.18. The number of carbonyl (C=O) groups is 2. The lowest BCUT2D eigenvalue weighted by molar-refractivity contribution is 0.0449. The summed E-state index contributed by atoms with van der Waals surface area (Å²) in [7, 11) is 0. The highest BCUT2D eigenvalue weighted by Gasteiger charge is 2.32. The van der Waals surface area contributed by atoms with Crippen LogP contribution < -0.4 is 5.32 Å². The van der Waals surface area contributed by atoms with Crippen LogP contribution in [0.5, 0.6) is 0 Å². The minimum Gasteiger partial charge on any atom is -0.478 e. The van der Waals surface area contributed by atoms with Crippen molar-refractivity contribution in [2.45, 2.75) is 45.1 Å². The van der Waals surface area contributed by atoms with Crippen molar-refractivity contribution in [2.24, 2.45) is 0 Å². The Morgan fingerprint density at radius 2 is 1.67 bits per heavy atom. The Bertz CT molecular complexity index is 574. The Hall–Kier alpha value is -1.88. The van der Waals surface area contributed by atoms with Gasteiger partial charge in [0.1, 0.15) is 0 Å². The summed E-state index contributed by atoms with van der Waals surface area (Å²) in [4.78, 5) is 23.7. The third kappa shape index (κ3) is 3.24. The first kappa shape index (κ1) is 15.5. The number of hydrogen-bond donors (Lipinski definition) is 3. The smallest absolute Gasteiger partial charge is 0.336 e. The molecule has 1 amide bonds. The summed E-state index contributed by atoms with van der Waals surface area (Å²) in [6, 6.07) is 3.43. The second-order valence-corrected chi connectivity index (χ2v) is 5.87. The third-order valence-electron chi connectivity index (χ3n) is 4.18. The summed E-state index contributed by atoms with van der Waals surface area (Å²) in [5.74, 6) is -1.55. The van der Waals surface area contributed by atoms with Crippen LogP contribution in [0.25, 0.3) is 0 Å². The van der Waals surface area contributed by atoms with E-state index in [0.29, 0.717) is 24.0 Å². The Morgan fingerprint density at radius 1 is 1.14 bits per heavy atom. The first-order chi connectivity index (χ1) is 9.84. The Labute approximate surface area is 124 Å². The summed E-state index contributed by atoms with van der Waals surface area (Å²) in [6.07, 6.45) is 3.25. The monoisotopic (exact) mass is 291 g/mol. The summed E-state index contributed by atoms with van der Waals surface area (Å²) in [5, 5.41) is 22.3. The van der Waals surface area contributed by atoms with Gasteiger partial charge in [-0.05, 0) is 37.8 Å². The van der Waals surface area contributed by atoms with Crippen LogP contribution in [-0.2, 0) is 0 Å². The van der Waals surface area contributed by atoms with E-state index >= 15 is 0 Å². The van der Waals surface area contributed by atoms with Crippen molar-refractivity contribution >= 4 is 11.9 Å². The number of amides is 1. The second-order valence-electron chi connectivity index (χ2n) is 5.87. The number of aromatic carboxylic acids is 1. The average molecular weight is 291 g/mol. The fourth-order valence-electron chi connectivity index (χ4n) is 2.92. The van der Waals surface area contributed by atoms with E-state index in [0.717, 1.165) is 12.8 Å². The number of carbonyl (C=O) groups excluding carboxylic acids is 1. The predicted octanol–water partition coefficient (Wildman–Crippen LogP) is 2.04. The molecule has 1 saturated carbocycles. The maximum atomic E-state index is 12.4. The molecule has 1 aromatic carbocycles. The van der Waals surface area contributed by atoms with Crippen LogP contribution >= 0.6 is 0 Å². The van der Waals surface area contributed by atoms with Crippen LogP contribution in [0, 0.1) is 13.8 Å². The van der Waals surface area contributed by atoms with E-state index in [-0.39, 0.29) is 17.7 Å². The highest BCUT2D eigenvalue weighted by Crippen LogP contribution is 2.28. The number of carboxylic acid groups (broad SMARTS) is 1. The number of rotatable bonds is 4. The van der Waals surface area contributed by atoms with Crippen LogP contribution in [0.2, 0.25) is 0 Å². The van der Waals surface area contributed by atoms with Crippen molar-refractivity contribution in [3.8, 4) is 0 Å². The summed E-state index contributed by atoms with van der Waals surface area (Å²) < 4.78 is 0. The Morgan fingerprint density at radius 3 is 2.19 bits per heavy atom. The van der Waals surface area contributed by atoms with E-state index in [1.165, 1.54) is 0 Å². The summed E-state index contributed by atoms with van der Waals surface area (Å²) in [6.45, 7) is 3.55. The molecule has 5 heteroatoms. The zero-order valence-corrected chi connectivity index (χ0v) is 12.4. The van der Waals surface area contributed by atoms with Gasteiger partial charge in [-0.2, -0.15) is 0 Å². The number of nitrogens with one attached hydrogen (secondary N) is 1. The Balaban J connectivity index is 2.23. The number of carboxylic acids is 1. The van der Waals surface area contributed by atoms with Crippen LogP contribution in [0.1, 0.15) is 57.5 Å². The van der Waals surface area contributed by atoms with Crippen molar-refractivity contribution < 1.29 is 19.8 Å². The van der Waals surface area contributed by atoms with Gasteiger partial charge in [0.15, 0.2) is 0 Å². The molecule has 1 aromatic rings. The molecule has 3 N–H and O–H groups in total. The fraction of sp³-hybridized carbons (Fsp3) is 0.500. The molecule has 1 fully saturated rings. The van der Waals surface area contributed by atoms with Gasteiger partial charge in [-0.3, -0.25) is 4.79 Å². The molecule has 0 heterocycles. The standard InChI is InChI=1S/C16H21NO4/c1-10-5-6-11(2)13(15(19)20)12(10)14(18)17-9-16(21)7-3-4-8-16/h5-6,21H,3-4,7-9H2,1-2H3,(H,17,18)(H,19,20). The molecular weight excluding hydrogens is 270 g/mol. The Kier molecular flexibility index (Phi) is 4.32. The lowest BCUT2D eigenvalue weighted by Crippen LogP contribution is -2.41. The lowest BCUT2D eigenvalue weighted by atomic mass is 9.96. The van der Waals surface area contributed by atoms with E-state index in [2.05, 4.69) is 5.32 Å². The molecule has 0 saturated heterocycles. The largest absolute Gasteiger partial charge is 0.478 e. The van der Waals surface area contributed by atoms with E-state index < -0.39 is 17.5 Å². The molecule has 0 unspecified atom stereocenters. The number of aryl methyl sites for hydroxylation is 2. The summed E-state index contributed by atoms with van der Waals surface area (Å²) >= 11 is 0. The molecule has 0 radical (unpaired) electrons. The highest BCUT2D eigenvalue weighted by atomic mass is 16.4. The van der Waals surface area contributed by atoms with Crippen LogP contribution in [0.3, 0.4) is 0 Å². The average Bonchev–Trinajstić information content (AvgIpc) is 2.85. The number of aliphatic hydroxyl groups is 1. The minimum absolute atomic E-state index is 0.0333. The van der Waals surface area contributed by atoms with Crippen LogP contribution in [0.4, 0.5) is 0 Å². The third-order valence-corrected chi connectivity index (χ3v) is 4.18. The van der Waals surface area contributed by atoms with Crippen molar-refractivity contribution in [2.75, 3.05) is 6.54 Å². The van der Waals surface area contributed by atoms with Crippen LogP contribution in [-0.4, -0.2) is 34.2 Å². The van der Waals surface area contributed by atoms with Crippen molar-refractivity contribution in [1.29, 1.82) is 0 Å². The number of hydrogen-bond acceptors (Lipinski definition) is 3. The quantitative estimate of drug-likeness (QED) is 0.792. The van der Waals surface area contributed by atoms with Gasteiger partial charge in [-0.25, -0.2) is 4.79 Å². The molecule has 5 nitrogen and oxygen atoms in total. The topological polar surface area (TPSA) is 86.6 Å². The molecule has 1 aliphatic carbocycles. The van der Waals surface area contributed by atoms with Crippen LogP contribution in [0.15, 0.2) is 12.1 Å². The molecule has 0 bridgehead atoms. The summed E-state index contributed by atoms with van der Waals surface area (Å²) in [5.41, 5.74) is 0.540. The zero-order valence-electron chi connectivity index (χ0n) is 12.4. The van der Waals surface area contributed by atoms with Gasteiger partial charge in [0, 0.05) is 6.54 Å². The molecule has 0 aliphatic heterocycles. The molecule has 0 spiro atoms. The molecular formula is C16H21NO4.